The fourth-order valence-corrected chi connectivity index (χ4v) is 3.86. The van der Waals surface area contributed by atoms with Gasteiger partial charge in [0.25, 0.3) is 0 Å². The highest BCUT2D eigenvalue weighted by Gasteiger charge is 2.29. The Kier molecular flexibility index (Phi) is 4.77. The lowest BCUT2D eigenvalue weighted by atomic mass is 10.1. The van der Waals surface area contributed by atoms with Crippen LogP contribution in [0.1, 0.15) is 36.2 Å². The van der Waals surface area contributed by atoms with Crippen molar-refractivity contribution in [1.82, 2.24) is 9.47 Å². The second kappa shape index (κ2) is 7.14. The first-order valence-electron chi connectivity index (χ1n) is 9.69. The van der Waals surface area contributed by atoms with E-state index in [9.17, 15) is 23.9 Å². The van der Waals surface area contributed by atoms with Crippen LogP contribution in [0.5, 0.6) is 0 Å². The summed E-state index contributed by atoms with van der Waals surface area (Å²) in [5.41, 5.74) is 5.52. The number of aromatic carboxylic acids is 1. The summed E-state index contributed by atoms with van der Waals surface area (Å²) < 4.78 is 16.7. The lowest BCUT2D eigenvalue weighted by molar-refractivity contribution is -0.132. The molecule has 29 heavy (non-hydrogen) atoms. The fraction of sp³-hybridized carbons (Fsp3) is 0.450. The van der Waals surface area contributed by atoms with Gasteiger partial charge in [0.15, 0.2) is 0 Å². The van der Waals surface area contributed by atoms with Gasteiger partial charge >= 0.3 is 5.97 Å². The standard InChI is InChI=1S/C20H23FN4O4/c1-11(22)19(27)24-6-4-23(5-7-24)17-9-16-13(8-15(17)21)18(26)14(20(28)29)10-25(16)12-2-3-12/h8-12H,2-7,22H2,1H3,(H,28,29). The zero-order valence-corrected chi connectivity index (χ0v) is 16.1. The molecule has 1 amide bonds. The van der Waals surface area contributed by atoms with E-state index in [2.05, 4.69) is 0 Å². The van der Waals surface area contributed by atoms with E-state index < -0.39 is 23.3 Å². The van der Waals surface area contributed by atoms with Gasteiger partial charge in [0, 0.05) is 43.8 Å². The first-order valence-corrected chi connectivity index (χ1v) is 9.69. The molecule has 1 saturated heterocycles. The number of carbonyl (C=O) groups excluding carboxylic acids is 1. The lowest BCUT2D eigenvalue weighted by Crippen LogP contribution is -2.52. The third kappa shape index (κ3) is 3.46. The molecule has 1 aliphatic carbocycles. The fourth-order valence-electron chi connectivity index (χ4n) is 3.86. The van der Waals surface area contributed by atoms with Gasteiger partial charge in [0.2, 0.25) is 11.3 Å². The average Bonchev–Trinajstić information content (AvgIpc) is 3.52. The Balaban J connectivity index is 1.72. The van der Waals surface area contributed by atoms with Gasteiger partial charge < -0.3 is 25.2 Å². The van der Waals surface area contributed by atoms with Crippen molar-refractivity contribution in [2.24, 2.45) is 5.73 Å². The van der Waals surface area contributed by atoms with E-state index in [4.69, 9.17) is 5.73 Å². The van der Waals surface area contributed by atoms with Crippen LogP contribution in [0.25, 0.3) is 10.9 Å². The zero-order valence-electron chi connectivity index (χ0n) is 16.1. The van der Waals surface area contributed by atoms with Gasteiger partial charge in [-0.2, -0.15) is 0 Å². The number of rotatable bonds is 4. The minimum atomic E-state index is -1.31. The molecule has 8 nitrogen and oxygen atoms in total. The molecule has 0 radical (unpaired) electrons. The maximum absolute atomic E-state index is 14.9. The molecule has 1 saturated carbocycles. The van der Waals surface area contributed by atoms with E-state index in [-0.39, 0.29) is 22.9 Å². The number of aromatic nitrogens is 1. The first-order chi connectivity index (χ1) is 13.8. The van der Waals surface area contributed by atoms with E-state index in [1.165, 1.54) is 6.20 Å². The summed E-state index contributed by atoms with van der Waals surface area (Å²) in [5.74, 6) is -2.02. The molecule has 4 rings (SSSR count). The predicted octanol–water partition coefficient (Wildman–Crippen LogP) is 1.17. The van der Waals surface area contributed by atoms with Crippen molar-refractivity contribution in [1.29, 1.82) is 0 Å². The highest BCUT2D eigenvalue weighted by atomic mass is 19.1. The lowest BCUT2D eigenvalue weighted by Gasteiger charge is -2.37. The molecule has 154 valence electrons. The van der Waals surface area contributed by atoms with E-state index in [0.29, 0.717) is 37.4 Å². The molecular formula is C20H23FN4O4. The number of benzene rings is 1. The predicted molar refractivity (Wildman–Crippen MR) is 106 cm³/mol. The SMILES string of the molecule is CC(N)C(=O)N1CCN(c2cc3c(cc2F)c(=O)c(C(=O)O)cn3C2CC2)CC1. The summed E-state index contributed by atoms with van der Waals surface area (Å²) >= 11 is 0. The van der Waals surface area contributed by atoms with Crippen LogP contribution in [0.3, 0.4) is 0 Å². The van der Waals surface area contributed by atoms with Crippen LogP contribution in [-0.4, -0.2) is 58.7 Å². The molecule has 2 heterocycles. The Morgan fingerprint density at radius 2 is 1.86 bits per heavy atom. The third-order valence-electron chi connectivity index (χ3n) is 5.59. The van der Waals surface area contributed by atoms with Gasteiger partial charge in [-0.3, -0.25) is 9.59 Å². The van der Waals surface area contributed by atoms with Crippen molar-refractivity contribution in [2.45, 2.75) is 31.8 Å². The number of hydrogen-bond donors (Lipinski definition) is 2. The number of carboxylic acid groups (broad SMARTS) is 1. The maximum atomic E-state index is 14.9. The minimum absolute atomic E-state index is 0.0730. The highest BCUT2D eigenvalue weighted by Crippen LogP contribution is 2.38. The molecule has 2 fully saturated rings. The van der Waals surface area contributed by atoms with Crippen LogP contribution in [0.15, 0.2) is 23.1 Å². The van der Waals surface area contributed by atoms with Crippen molar-refractivity contribution >= 4 is 28.5 Å². The molecule has 2 aromatic rings. The second-order valence-electron chi connectivity index (χ2n) is 7.74. The smallest absolute Gasteiger partial charge is 0.341 e. The molecule has 1 aliphatic heterocycles. The molecule has 1 aromatic heterocycles. The largest absolute Gasteiger partial charge is 0.477 e. The molecule has 9 heteroatoms. The normalized spacial score (nSPS) is 18.2. The summed E-state index contributed by atoms with van der Waals surface area (Å²) in [5, 5.41) is 9.40. The van der Waals surface area contributed by atoms with Gasteiger partial charge in [-0.15, -0.1) is 0 Å². The van der Waals surface area contributed by atoms with Crippen LogP contribution in [0, 0.1) is 5.82 Å². The van der Waals surface area contributed by atoms with Crippen LogP contribution in [0.4, 0.5) is 10.1 Å². The Bertz CT molecular complexity index is 1050. The zero-order chi connectivity index (χ0) is 20.9. The van der Waals surface area contributed by atoms with Gasteiger partial charge in [-0.25, -0.2) is 9.18 Å². The number of carbonyl (C=O) groups is 2. The van der Waals surface area contributed by atoms with Crippen molar-refractivity contribution < 1.29 is 19.1 Å². The Morgan fingerprint density at radius 1 is 1.21 bits per heavy atom. The molecule has 1 aromatic carbocycles. The van der Waals surface area contributed by atoms with Crippen LogP contribution >= 0.6 is 0 Å². The van der Waals surface area contributed by atoms with Crippen molar-refractivity contribution in [3.63, 3.8) is 0 Å². The van der Waals surface area contributed by atoms with Crippen molar-refractivity contribution in [3.8, 4) is 0 Å². The number of fused-ring (bicyclic) bond motifs is 1. The number of pyridine rings is 1. The number of piperazine rings is 1. The molecule has 0 spiro atoms. The topological polar surface area (TPSA) is 109 Å². The van der Waals surface area contributed by atoms with Crippen molar-refractivity contribution in [3.05, 3.63) is 39.9 Å². The molecule has 1 atom stereocenters. The van der Waals surface area contributed by atoms with Gasteiger partial charge in [0.05, 0.1) is 17.2 Å². The molecular weight excluding hydrogens is 379 g/mol. The van der Waals surface area contributed by atoms with E-state index >= 15 is 0 Å². The van der Waals surface area contributed by atoms with Gasteiger partial charge in [0.1, 0.15) is 11.4 Å². The average molecular weight is 402 g/mol. The van der Waals surface area contributed by atoms with Crippen molar-refractivity contribution in [2.75, 3.05) is 31.1 Å². The Morgan fingerprint density at radius 3 is 2.41 bits per heavy atom. The summed E-state index contributed by atoms with van der Waals surface area (Å²) in [6.45, 7) is 3.40. The number of hydrogen-bond acceptors (Lipinski definition) is 5. The van der Waals surface area contributed by atoms with E-state index in [1.54, 1.807) is 22.5 Å². The Hall–Kier alpha value is -2.94. The summed E-state index contributed by atoms with van der Waals surface area (Å²) in [7, 11) is 0. The summed E-state index contributed by atoms with van der Waals surface area (Å²) in [6, 6.07) is 2.31. The summed E-state index contributed by atoms with van der Waals surface area (Å²) in [4.78, 5) is 39.6. The number of amides is 1. The highest BCUT2D eigenvalue weighted by molar-refractivity contribution is 5.93. The van der Waals surface area contributed by atoms with E-state index in [1.807, 2.05) is 4.90 Å². The number of nitrogens with two attached hydrogens (primary N) is 1. The number of halogens is 1. The number of nitrogens with zero attached hydrogens (tertiary/aromatic N) is 3. The van der Waals surface area contributed by atoms with Crippen LogP contribution < -0.4 is 16.1 Å². The van der Waals surface area contributed by atoms with Crippen LogP contribution in [-0.2, 0) is 4.79 Å². The van der Waals surface area contributed by atoms with Gasteiger partial charge in [-0.05, 0) is 31.9 Å². The molecule has 0 bridgehead atoms. The second-order valence-corrected chi connectivity index (χ2v) is 7.74. The monoisotopic (exact) mass is 402 g/mol. The third-order valence-corrected chi connectivity index (χ3v) is 5.59. The molecule has 1 unspecified atom stereocenters. The molecule has 3 N–H and O–H groups in total. The van der Waals surface area contributed by atoms with E-state index in [0.717, 1.165) is 18.9 Å². The summed E-state index contributed by atoms with van der Waals surface area (Å²) in [6.07, 6.45) is 3.15. The van der Waals surface area contributed by atoms with Crippen LogP contribution in [0.2, 0.25) is 0 Å². The quantitative estimate of drug-likeness (QED) is 0.795. The first kappa shape index (κ1) is 19.4. The Labute approximate surface area is 166 Å². The molecule has 2 aliphatic rings. The maximum Gasteiger partial charge on any atom is 0.341 e. The number of anilines is 1. The number of carboxylic acids is 1. The minimum Gasteiger partial charge on any atom is -0.477 e. The van der Waals surface area contributed by atoms with Gasteiger partial charge in [-0.1, -0.05) is 0 Å².